The number of nitrogen functional groups attached to an aromatic ring is 1. The molecule has 2 heterocycles. The van der Waals surface area contributed by atoms with Crippen LogP contribution in [0.5, 0.6) is 0 Å². The summed E-state index contributed by atoms with van der Waals surface area (Å²) in [5, 5.41) is 6.23. The average molecular weight is 397 g/mol. The summed E-state index contributed by atoms with van der Waals surface area (Å²) in [5.74, 6) is 4.10. The molecular weight excluding hydrogens is 383 g/mol. The predicted molar refractivity (Wildman–Crippen MR) is 92.2 cm³/mol. The summed E-state index contributed by atoms with van der Waals surface area (Å²) in [6.07, 6.45) is -3.23. The van der Waals surface area contributed by atoms with Gasteiger partial charge in [0.05, 0.1) is 18.6 Å². The molecule has 2 aromatic heterocycles. The van der Waals surface area contributed by atoms with Gasteiger partial charge in [-0.1, -0.05) is 30.0 Å². The molecule has 3 aromatic rings. The number of nitrogens with two attached hydrogens (primary N) is 1. The van der Waals surface area contributed by atoms with Gasteiger partial charge >= 0.3 is 6.18 Å². The molecule has 142 valence electrons. The molecule has 7 nitrogen and oxygen atoms in total. The van der Waals surface area contributed by atoms with Gasteiger partial charge in [-0.25, -0.2) is 4.68 Å². The Morgan fingerprint density at radius 3 is 2.52 bits per heavy atom. The monoisotopic (exact) mass is 397 g/mol. The SMILES string of the molecule is Nn1c(SCC(=O)N(Cc2ccco2)c2ccccc2)nnc1C(F)(F)F. The first-order valence-electron chi connectivity index (χ1n) is 7.64. The molecule has 0 aliphatic rings. The smallest absolute Gasteiger partial charge is 0.453 e. The van der Waals surface area contributed by atoms with E-state index in [1.54, 1.807) is 36.4 Å². The van der Waals surface area contributed by atoms with Gasteiger partial charge in [0.2, 0.25) is 11.1 Å². The Morgan fingerprint density at radius 2 is 1.93 bits per heavy atom. The fourth-order valence-electron chi connectivity index (χ4n) is 2.26. The summed E-state index contributed by atoms with van der Waals surface area (Å²) < 4.78 is 43.8. The zero-order valence-electron chi connectivity index (χ0n) is 13.8. The van der Waals surface area contributed by atoms with Gasteiger partial charge in [0.15, 0.2) is 0 Å². The van der Waals surface area contributed by atoms with Crippen LogP contribution < -0.4 is 10.7 Å². The van der Waals surface area contributed by atoms with Crippen LogP contribution in [-0.4, -0.2) is 26.5 Å². The number of halogens is 3. The van der Waals surface area contributed by atoms with E-state index in [0.717, 1.165) is 11.8 Å². The van der Waals surface area contributed by atoms with E-state index in [-0.39, 0.29) is 23.4 Å². The topological polar surface area (TPSA) is 90.2 Å². The maximum Gasteiger partial charge on any atom is 0.453 e. The van der Waals surface area contributed by atoms with Crippen LogP contribution >= 0.6 is 11.8 Å². The molecule has 11 heteroatoms. The third-order valence-corrected chi connectivity index (χ3v) is 4.43. The van der Waals surface area contributed by atoms with E-state index < -0.39 is 12.0 Å². The first kappa shape index (κ1) is 18.8. The fourth-order valence-corrected chi connectivity index (χ4v) is 3.00. The Hall–Kier alpha value is -2.95. The number of benzene rings is 1. The lowest BCUT2D eigenvalue weighted by Gasteiger charge is -2.21. The van der Waals surface area contributed by atoms with Crippen molar-refractivity contribution in [1.82, 2.24) is 14.9 Å². The van der Waals surface area contributed by atoms with Gasteiger partial charge in [-0.05, 0) is 24.3 Å². The fraction of sp³-hybridized carbons (Fsp3) is 0.188. The summed E-state index contributed by atoms with van der Waals surface area (Å²) in [5.41, 5.74) is 0.629. The van der Waals surface area contributed by atoms with Gasteiger partial charge in [-0.3, -0.25) is 4.79 Å². The van der Waals surface area contributed by atoms with E-state index in [1.807, 2.05) is 6.07 Å². The largest absolute Gasteiger partial charge is 0.467 e. The van der Waals surface area contributed by atoms with Crippen LogP contribution in [0.25, 0.3) is 0 Å². The molecule has 0 unspecified atom stereocenters. The van der Waals surface area contributed by atoms with Crippen LogP contribution in [0.1, 0.15) is 11.6 Å². The highest BCUT2D eigenvalue weighted by molar-refractivity contribution is 7.99. The van der Waals surface area contributed by atoms with Crippen molar-refractivity contribution in [1.29, 1.82) is 0 Å². The third kappa shape index (κ3) is 4.42. The Bertz CT molecular complexity index is 897. The van der Waals surface area contributed by atoms with Crippen molar-refractivity contribution in [2.24, 2.45) is 0 Å². The number of hydrogen-bond acceptors (Lipinski definition) is 6. The average Bonchev–Trinajstić information content (AvgIpc) is 3.27. The van der Waals surface area contributed by atoms with E-state index in [1.165, 1.54) is 11.2 Å². The van der Waals surface area contributed by atoms with Gasteiger partial charge in [-0.15, -0.1) is 10.2 Å². The standard InChI is InChI=1S/C16H14F3N5O2S/c17-16(18,19)14-21-22-15(24(14)20)27-10-13(25)23(9-12-7-4-8-26-12)11-5-2-1-3-6-11/h1-8H,9-10,20H2. The molecule has 0 aliphatic heterocycles. The molecule has 27 heavy (non-hydrogen) atoms. The zero-order chi connectivity index (χ0) is 19.4. The summed E-state index contributed by atoms with van der Waals surface area (Å²) in [6, 6.07) is 12.3. The molecule has 1 aromatic carbocycles. The number of para-hydroxylation sites is 1. The Morgan fingerprint density at radius 1 is 1.19 bits per heavy atom. The lowest BCUT2D eigenvalue weighted by molar-refractivity contribution is -0.146. The number of anilines is 1. The summed E-state index contributed by atoms with van der Waals surface area (Å²) >= 11 is 0.770. The molecule has 0 saturated heterocycles. The van der Waals surface area contributed by atoms with Crippen LogP contribution in [0.2, 0.25) is 0 Å². The highest BCUT2D eigenvalue weighted by Gasteiger charge is 2.38. The van der Waals surface area contributed by atoms with Crippen molar-refractivity contribution in [3.05, 3.63) is 60.3 Å². The molecule has 0 bridgehead atoms. The molecule has 0 atom stereocenters. The van der Waals surface area contributed by atoms with Crippen molar-refractivity contribution in [2.45, 2.75) is 17.9 Å². The van der Waals surface area contributed by atoms with Gasteiger partial charge in [-0.2, -0.15) is 13.2 Å². The van der Waals surface area contributed by atoms with E-state index in [4.69, 9.17) is 10.3 Å². The second-order valence-corrected chi connectivity index (χ2v) is 6.30. The van der Waals surface area contributed by atoms with Crippen LogP contribution in [0.3, 0.4) is 0 Å². The van der Waals surface area contributed by atoms with Crippen molar-refractivity contribution in [2.75, 3.05) is 16.5 Å². The molecule has 0 fully saturated rings. The molecule has 1 amide bonds. The van der Waals surface area contributed by atoms with Crippen LogP contribution in [0.15, 0.2) is 58.3 Å². The minimum absolute atomic E-state index is 0.178. The van der Waals surface area contributed by atoms with Gasteiger partial charge in [0.1, 0.15) is 5.76 Å². The van der Waals surface area contributed by atoms with Crippen LogP contribution in [0, 0.1) is 0 Å². The third-order valence-electron chi connectivity index (χ3n) is 3.51. The minimum atomic E-state index is -4.72. The molecule has 0 saturated carbocycles. The maximum atomic E-state index is 12.7. The number of furan rings is 1. The quantitative estimate of drug-likeness (QED) is 0.508. The van der Waals surface area contributed by atoms with E-state index in [9.17, 15) is 18.0 Å². The Balaban J connectivity index is 1.74. The highest BCUT2D eigenvalue weighted by Crippen LogP contribution is 2.29. The molecule has 0 spiro atoms. The second-order valence-electron chi connectivity index (χ2n) is 5.36. The number of nitrogens with zero attached hydrogens (tertiary/aromatic N) is 4. The van der Waals surface area contributed by atoms with Crippen molar-refractivity contribution < 1.29 is 22.4 Å². The Kier molecular flexibility index (Phi) is 5.40. The number of rotatable bonds is 6. The molecule has 0 radical (unpaired) electrons. The minimum Gasteiger partial charge on any atom is -0.467 e. The summed E-state index contributed by atoms with van der Waals surface area (Å²) in [6.45, 7) is 0.180. The van der Waals surface area contributed by atoms with Gasteiger partial charge in [0.25, 0.3) is 5.82 Å². The van der Waals surface area contributed by atoms with Crippen molar-refractivity contribution >= 4 is 23.4 Å². The van der Waals surface area contributed by atoms with Crippen molar-refractivity contribution in [3.8, 4) is 0 Å². The number of aromatic nitrogens is 3. The first-order valence-corrected chi connectivity index (χ1v) is 8.63. The van der Waals surface area contributed by atoms with Gasteiger partial charge < -0.3 is 15.2 Å². The lowest BCUT2D eigenvalue weighted by atomic mass is 10.2. The highest BCUT2D eigenvalue weighted by atomic mass is 32.2. The predicted octanol–water partition coefficient (Wildman–Crippen LogP) is 2.93. The van der Waals surface area contributed by atoms with Crippen molar-refractivity contribution in [3.63, 3.8) is 0 Å². The Labute approximate surface area is 155 Å². The summed E-state index contributed by atoms with van der Waals surface area (Å²) in [7, 11) is 0. The lowest BCUT2D eigenvalue weighted by Crippen LogP contribution is -2.32. The van der Waals surface area contributed by atoms with Crippen LogP contribution in [0.4, 0.5) is 18.9 Å². The van der Waals surface area contributed by atoms with E-state index >= 15 is 0 Å². The zero-order valence-corrected chi connectivity index (χ0v) is 14.6. The summed E-state index contributed by atoms with van der Waals surface area (Å²) in [4.78, 5) is 14.2. The number of alkyl halides is 3. The van der Waals surface area contributed by atoms with Gasteiger partial charge in [0, 0.05) is 5.69 Å². The van der Waals surface area contributed by atoms with Crippen LogP contribution in [-0.2, 0) is 17.5 Å². The second kappa shape index (κ2) is 7.74. The molecule has 2 N–H and O–H groups in total. The number of carbonyl (C=O) groups excluding carboxylic acids is 1. The normalized spacial score (nSPS) is 11.5. The molecular formula is C16H14F3N5O2S. The molecule has 0 aliphatic carbocycles. The number of carbonyl (C=O) groups is 1. The number of thioether (sulfide) groups is 1. The number of amides is 1. The van der Waals surface area contributed by atoms with E-state index in [2.05, 4.69) is 10.2 Å². The van der Waals surface area contributed by atoms with E-state index in [0.29, 0.717) is 16.1 Å². The number of hydrogen-bond donors (Lipinski definition) is 1. The molecule has 3 rings (SSSR count). The maximum absolute atomic E-state index is 12.7. The first-order chi connectivity index (χ1) is 12.9.